The second-order valence-electron chi connectivity index (χ2n) is 5.19. The Labute approximate surface area is 154 Å². The minimum atomic E-state index is -0.591. The van der Waals surface area contributed by atoms with Crippen LogP contribution in [0, 0.1) is 0 Å². The summed E-state index contributed by atoms with van der Waals surface area (Å²) in [4.78, 5) is 28.3. The number of fused-ring (bicyclic) bond motifs is 1. The molecule has 0 aliphatic carbocycles. The molecule has 0 bridgehead atoms. The summed E-state index contributed by atoms with van der Waals surface area (Å²) in [5, 5.41) is 9.79. The molecular formula is C16H17ClN6O3. The predicted molar refractivity (Wildman–Crippen MR) is 100 cm³/mol. The van der Waals surface area contributed by atoms with E-state index in [4.69, 9.17) is 16.2 Å². The van der Waals surface area contributed by atoms with Gasteiger partial charge in [0.05, 0.1) is 12.0 Å². The van der Waals surface area contributed by atoms with Gasteiger partial charge in [-0.1, -0.05) is 0 Å². The van der Waals surface area contributed by atoms with Gasteiger partial charge in [-0.2, -0.15) is 5.10 Å². The molecular weight excluding hydrogens is 360 g/mol. The lowest BCUT2D eigenvalue weighted by Gasteiger charge is -2.06. The Morgan fingerprint density at radius 1 is 1.23 bits per heavy atom. The van der Waals surface area contributed by atoms with Gasteiger partial charge in [0.25, 0.3) is 5.91 Å². The molecule has 10 heteroatoms. The number of nitrogens with one attached hydrogen (secondary N) is 2. The van der Waals surface area contributed by atoms with E-state index in [2.05, 4.69) is 20.5 Å². The summed E-state index contributed by atoms with van der Waals surface area (Å²) < 4.78 is 4.95. The number of hydrogen-bond donors (Lipinski definition) is 4. The zero-order valence-corrected chi connectivity index (χ0v) is 14.6. The van der Waals surface area contributed by atoms with Crippen molar-refractivity contribution in [3.63, 3.8) is 0 Å². The second-order valence-corrected chi connectivity index (χ2v) is 5.19. The summed E-state index contributed by atoms with van der Waals surface area (Å²) in [5.41, 5.74) is 12.8. The summed E-state index contributed by atoms with van der Waals surface area (Å²) in [5.74, 6) is -0.713. The number of halogens is 1. The quantitative estimate of drug-likeness (QED) is 0.401. The predicted octanol–water partition coefficient (Wildman–Crippen LogP) is 1.97. The number of rotatable bonds is 4. The number of hydrogen-bond acceptors (Lipinski definition) is 7. The first kappa shape index (κ1) is 19.0. The number of amides is 1. The topological polar surface area (TPSA) is 149 Å². The van der Waals surface area contributed by atoms with E-state index < -0.39 is 5.97 Å². The SMILES string of the molecule is CCOC(=O)c1cc2c(NC(=O)c3ccc(N)cc3)n[nH]c2nc1N.Cl. The van der Waals surface area contributed by atoms with Crippen LogP contribution in [-0.2, 0) is 4.74 Å². The third kappa shape index (κ3) is 3.67. The van der Waals surface area contributed by atoms with E-state index in [0.29, 0.717) is 22.3 Å². The maximum Gasteiger partial charge on any atom is 0.341 e. The first-order valence-corrected chi connectivity index (χ1v) is 7.48. The van der Waals surface area contributed by atoms with Crippen LogP contribution >= 0.6 is 12.4 Å². The lowest BCUT2D eigenvalue weighted by Crippen LogP contribution is -2.13. The Kier molecular flexibility index (Phi) is 5.63. The summed E-state index contributed by atoms with van der Waals surface area (Å²) >= 11 is 0. The lowest BCUT2D eigenvalue weighted by atomic mass is 10.2. The van der Waals surface area contributed by atoms with E-state index in [1.165, 1.54) is 6.07 Å². The van der Waals surface area contributed by atoms with Crippen LogP contribution in [-0.4, -0.2) is 33.7 Å². The van der Waals surface area contributed by atoms with Crippen molar-refractivity contribution in [1.82, 2.24) is 15.2 Å². The minimum absolute atomic E-state index is 0. The summed E-state index contributed by atoms with van der Waals surface area (Å²) in [6, 6.07) is 7.93. The maximum atomic E-state index is 12.3. The maximum absolute atomic E-state index is 12.3. The standard InChI is InChI=1S/C16H16N6O3.ClH/c1-2-25-16(24)10-7-11-13(19-12(10)18)21-22-14(11)20-15(23)8-3-5-9(17)6-4-8;/h3-7H,2,17H2,1H3,(H4,18,19,20,21,22,23);1H. The summed E-state index contributed by atoms with van der Waals surface area (Å²) in [7, 11) is 0. The van der Waals surface area contributed by atoms with Crippen LogP contribution in [0.2, 0.25) is 0 Å². The normalized spacial score (nSPS) is 10.2. The zero-order chi connectivity index (χ0) is 18.0. The molecule has 0 aliphatic heterocycles. The first-order chi connectivity index (χ1) is 12.0. The molecule has 1 aromatic carbocycles. The number of ether oxygens (including phenoxy) is 1. The first-order valence-electron chi connectivity index (χ1n) is 7.48. The van der Waals surface area contributed by atoms with Gasteiger partial charge in [-0.15, -0.1) is 12.4 Å². The number of nitrogens with zero attached hydrogens (tertiary/aromatic N) is 2. The Balaban J connectivity index is 0.00000243. The average Bonchev–Trinajstić information content (AvgIpc) is 2.96. The molecule has 136 valence electrons. The van der Waals surface area contributed by atoms with Crippen molar-refractivity contribution in [2.45, 2.75) is 6.92 Å². The van der Waals surface area contributed by atoms with Crippen molar-refractivity contribution in [1.29, 1.82) is 0 Å². The number of H-pyrrole nitrogens is 1. The number of anilines is 3. The van der Waals surface area contributed by atoms with Crippen molar-refractivity contribution in [2.75, 3.05) is 23.4 Å². The van der Waals surface area contributed by atoms with E-state index >= 15 is 0 Å². The molecule has 1 amide bonds. The van der Waals surface area contributed by atoms with Gasteiger partial charge >= 0.3 is 5.97 Å². The molecule has 0 spiro atoms. The number of nitrogen functional groups attached to an aromatic ring is 2. The highest BCUT2D eigenvalue weighted by Crippen LogP contribution is 2.24. The van der Waals surface area contributed by atoms with Gasteiger partial charge in [-0.3, -0.25) is 9.89 Å². The molecule has 3 rings (SSSR count). The number of carbonyl (C=O) groups excluding carboxylic acids is 2. The molecule has 0 radical (unpaired) electrons. The van der Waals surface area contributed by atoms with Crippen LogP contribution in [0.25, 0.3) is 11.0 Å². The van der Waals surface area contributed by atoms with Crippen molar-refractivity contribution < 1.29 is 14.3 Å². The van der Waals surface area contributed by atoms with Gasteiger partial charge in [-0.05, 0) is 37.3 Å². The van der Waals surface area contributed by atoms with E-state index in [0.717, 1.165) is 0 Å². The Hall–Kier alpha value is -3.33. The number of nitrogens with two attached hydrogens (primary N) is 2. The molecule has 0 fully saturated rings. The van der Waals surface area contributed by atoms with Crippen LogP contribution < -0.4 is 16.8 Å². The van der Waals surface area contributed by atoms with E-state index in [1.54, 1.807) is 31.2 Å². The van der Waals surface area contributed by atoms with Gasteiger partial charge in [-0.25, -0.2) is 9.78 Å². The molecule has 6 N–H and O–H groups in total. The molecule has 2 aromatic heterocycles. The van der Waals surface area contributed by atoms with E-state index in [1.807, 2.05) is 0 Å². The molecule has 2 heterocycles. The van der Waals surface area contributed by atoms with Gasteiger partial charge in [0.15, 0.2) is 11.5 Å². The van der Waals surface area contributed by atoms with E-state index in [-0.39, 0.29) is 42.1 Å². The fraction of sp³-hybridized carbons (Fsp3) is 0.125. The molecule has 0 atom stereocenters. The fourth-order valence-electron chi connectivity index (χ4n) is 2.24. The van der Waals surface area contributed by atoms with Crippen molar-refractivity contribution in [3.05, 3.63) is 41.5 Å². The molecule has 26 heavy (non-hydrogen) atoms. The molecule has 0 unspecified atom stereocenters. The smallest absolute Gasteiger partial charge is 0.341 e. The highest BCUT2D eigenvalue weighted by Gasteiger charge is 2.18. The number of aromatic nitrogens is 3. The van der Waals surface area contributed by atoms with Crippen LogP contribution in [0.4, 0.5) is 17.3 Å². The van der Waals surface area contributed by atoms with E-state index in [9.17, 15) is 9.59 Å². The minimum Gasteiger partial charge on any atom is -0.462 e. The van der Waals surface area contributed by atoms with Crippen molar-refractivity contribution in [3.8, 4) is 0 Å². The average molecular weight is 377 g/mol. The molecule has 0 aliphatic rings. The lowest BCUT2D eigenvalue weighted by molar-refractivity contribution is 0.0527. The van der Waals surface area contributed by atoms with Crippen molar-refractivity contribution in [2.24, 2.45) is 0 Å². The Morgan fingerprint density at radius 2 is 1.92 bits per heavy atom. The van der Waals surface area contributed by atoms with Crippen LogP contribution in [0.5, 0.6) is 0 Å². The summed E-state index contributed by atoms with van der Waals surface area (Å²) in [6.07, 6.45) is 0. The fourth-order valence-corrected chi connectivity index (χ4v) is 2.24. The Bertz CT molecular complexity index is 955. The number of carbonyl (C=O) groups is 2. The van der Waals surface area contributed by atoms with Crippen LogP contribution in [0.15, 0.2) is 30.3 Å². The second kappa shape index (κ2) is 7.70. The molecule has 0 saturated heterocycles. The highest BCUT2D eigenvalue weighted by atomic mass is 35.5. The van der Waals surface area contributed by atoms with Crippen LogP contribution in [0.1, 0.15) is 27.6 Å². The summed E-state index contributed by atoms with van der Waals surface area (Å²) in [6.45, 7) is 1.90. The number of benzene rings is 1. The third-order valence-corrected chi connectivity index (χ3v) is 3.48. The Morgan fingerprint density at radius 3 is 2.58 bits per heavy atom. The molecule has 0 saturated carbocycles. The number of aromatic amines is 1. The van der Waals surface area contributed by atoms with Crippen LogP contribution in [0.3, 0.4) is 0 Å². The number of esters is 1. The third-order valence-electron chi connectivity index (χ3n) is 3.48. The number of pyridine rings is 1. The van der Waals surface area contributed by atoms with Gasteiger partial charge < -0.3 is 21.5 Å². The molecule has 9 nitrogen and oxygen atoms in total. The highest BCUT2D eigenvalue weighted by molar-refractivity contribution is 6.09. The largest absolute Gasteiger partial charge is 0.462 e. The van der Waals surface area contributed by atoms with Gasteiger partial charge in [0.1, 0.15) is 11.4 Å². The van der Waals surface area contributed by atoms with Gasteiger partial charge in [0, 0.05) is 11.3 Å². The van der Waals surface area contributed by atoms with Crippen molar-refractivity contribution >= 4 is 52.6 Å². The monoisotopic (exact) mass is 376 g/mol. The molecule has 3 aromatic rings. The zero-order valence-electron chi connectivity index (χ0n) is 13.8. The van der Waals surface area contributed by atoms with Gasteiger partial charge in [0.2, 0.25) is 0 Å².